The van der Waals surface area contributed by atoms with E-state index in [1.807, 2.05) is 36.7 Å². The van der Waals surface area contributed by atoms with Crippen molar-refractivity contribution in [1.82, 2.24) is 9.55 Å². The number of hydrogen-bond acceptors (Lipinski definition) is 1. The van der Waals surface area contributed by atoms with Crippen molar-refractivity contribution in [2.75, 3.05) is 0 Å². The van der Waals surface area contributed by atoms with Gasteiger partial charge in [-0.2, -0.15) is 0 Å². The molecule has 0 bridgehead atoms. The molecule has 0 saturated carbocycles. The maximum absolute atomic E-state index is 4.37. The Balaban J connectivity index is 2.52. The van der Waals surface area contributed by atoms with Crippen molar-refractivity contribution in [2.24, 2.45) is 0 Å². The molecule has 0 unspecified atom stereocenters. The number of imidazole rings is 1. The van der Waals surface area contributed by atoms with Gasteiger partial charge in [0, 0.05) is 6.04 Å². The zero-order chi connectivity index (χ0) is 9.97. The maximum atomic E-state index is 4.37. The van der Waals surface area contributed by atoms with Gasteiger partial charge in [0.25, 0.3) is 0 Å². The fourth-order valence-corrected chi connectivity index (χ4v) is 1.52. The highest BCUT2D eigenvalue weighted by Gasteiger charge is 2.07. The number of fused-ring (bicyclic) bond motifs is 1. The van der Waals surface area contributed by atoms with Gasteiger partial charge in [0.2, 0.25) is 0 Å². The lowest BCUT2D eigenvalue weighted by molar-refractivity contribution is 0.595. The summed E-state index contributed by atoms with van der Waals surface area (Å²) in [6, 6.07) is 0.452. The lowest BCUT2D eigenvalue weighted by Gasteiger charge is -2.09. The fourth-order valence-electron chi connectivity index (χ4n) is 1.52. The summed E-state index contributed by atoms with van der Waals surface area (Å²) < 4.78 is 2.18. The van der Waals surface area contributed by atoms with E-state index in [0.717, 1.165) is 5.69 Å². The Morgan fingerprint density at radius 2 is 1.79 bits per heavy atom. The highest BCUT2D eigenvalue weighted by molar-refractivity contribution is 5.63. The van der Waals surface area contributed by atoms with E-state index in [-0.39, 0.29) is 0 Å². The molecule has 0 amide bonds. The largest absolute Gasteiger partial charge is 0.328 e. The zero-order valence-electron chi connectivity index (χ0n) is 8.51. The number of hydrogen-bond donors (Lipinski definition) is 0. The number of allylic oxidation sites excluding steroid dienone is 4. The number of rotatable bonds is 1. The summed E-state index contributed by atoms with van der Waals surface area (Å²) in [6.07, 6.45) is 14.1. The van der Waals surface area contributed by atoms with E-state index >= 15 is 0 Å². The Labute approximate surface area is 84.3 Å². The van der Waals surface area contributed by atoms with E-state index in [2.05, 4.69) is 29.5 Å². The lowest BCUT2D eigenvalue weighted by Crippen LogP contribution is -2.01. The smallest absolute Gasteiger partial charge is 0.0960 e. The maximum Gasteiger partial charge on any atom is 0.0960 e. The van der Waals surface area contributed by atoms with Gasteiger partial charge in [0.15, 0.2) is 0 Å². The topological polar surface area (TPSA) is 17.8 Å². The Hall–Kier alpha value is -1.57. The Morgan fingerprint density at radius 1 is 1.07 bits per heavy atom. The van der Waals surface area contributed by atoms with Gasteiger partial charge < -0.3 is 4.57 Å². The summed E-state index contributed by atoms with van der Waals surface area (Å²) in [5.41, 5.74) is 2.22. The molecule has 14 heavy (non-hydrogen) atoms. The standard InChI is InChI=1S/C12H14N2/c1-10(2)14-9-13-11-7-5-3-4-6-8-12(11)14/h3-10H,1-2H3. The van der Waals surface area contributed by atoms with E-state index in [9.17, 15) is 0 Å². The molecule has 0 radical (unpaired) electrons. The van der Waals surface area contributed by atoms with Gasteiger partial charge in [-0.1, -0.05) is 24.3 Å². The lowest BCUT2D eigenvalue weighted by atomic mass is 10.2. The van der Waals surface area contributed by atoms with Crippen LogP contribution in [-0.4, -0.2) is 9.55 Å². The van der Waals surface area contributed by atoms with Crippen LogP contribution in [0.15, 0.2) is 30.6 Å². The molecule has 1 heterocycles. The van der Waals surface area contributed by atoms with Crippen molar-refractivity contribution in [3.05, 3.63) is 42.0 Å². The minimum absolute atomic E-state index is 0.452. The van der Waals surface area contributed by atoms with Crippen molar-refractivity contribution in [3.63, 3.8) is 0 Å². The van der Waals surface area contributed by atoms with E-state index in [4.69, 9.17) is 0 Å². The van der Waals surface area contributed by atoms with Crippen LogP contribution < -0.4 is 0 Å². The first-order valence-corrected chi connectivity index (χ1v) is 4.87. The van der Waals surface area contributed by atoms with Crippen LogP contribution in [-0.2, 0) is 0 Å². The second-order valence-electron chi connectivity index (χ2n) is 3.62. The minimum atomic E-state index is 0.452. The van der Waals surface area contributed by atoms with E-state index in [0.29, 0.717) is 6.04 Å². The van der Waals surface area contributed by atoms with Gasteiger partial charge in [-0.15, -0.1) is 0 Å². The first-order valence-electron chi connectivity index (χ1n) is 4.87. The molecule has 2 rings (SSSR count). The summed E-state index contributed by atoms with van der Waals surface area (Å²) in [6.45, 7) is 4.32. The van der Waals surface area contributed by atoms with E-state index in [1.54, 1.807) is 0 Å². The van der Waals surface area contributed by atoms with Crippen molar-refractivity contribution in [3.8, 4) is 0 Å². The minimum Gasteiger partial charge on any atom is -0.328 e. The average Bonchev–Trinajstić information content (AvgIpc) is 2.47. The monoisotopic (exact) mass is 186 g/mol. The van der Waals surface area contributed by atoms with Crippen LogP contribution in [0.4, 0.5) is 0 Å². The molecule has 0 aromatic carbocycles. The third-order valence-electron chi connectivity index (χ3n) is 2.26. The first-order chi connectivity index (χ1) is 6.79. The van der Waals surface area contributed by atoms with Crippen molar-refractivity contribution >= 4 is 12.2 Å². The SMILES string of the molecule is CC(C)n1cnc2c1C=CC=CC=C2. The molecule has 2 heteroatoms. The second-order valence-corrected chi connectivity index (χ2v) is 3.62. The summed E-state index contributed by atoms with van der Waals surface area (Å²) >= 11 is 0. The molecule has 72 valence electrons. The molecule has 0 saturated heterocycles. The quantitative estimate of drug-likeness (QED) is 0.659. The molecular formula is C12H14N2. The van der Waals surface area contributed by atoms with Gasteiger partial charge in [-0.3, -0.25) is 0 Å². The van der Waals surface area contributed by atoms with Crippen molar-refractivity contribution < 1.29 is 0 Å². The Morgan fingerprint density at radius 3 is 2.50 bits per heavy atom. The van der Waals surface area contributed by atoms with Crippen LogP contribution in [0.1, 0.15) is 31.3 Å². The molecule has 1 aliphatic carbocycles. The van der Waals surface area contributed by atoms with Crippen LogP contribution in [0.3, 0.4) is 0 Å². The van der Waals surface area contributed by atoms with Crippen molar-refractivity contribution in [1.29, 1.82) is 0 Å². The summed E-state index contributed by atoms with van der Waals surface area (Å²) in [5.74, 6) is 0. The zero-order valence-corrected chi connectivity index (χ0v) is 8.51. The predicted octanol–water partition coefficient (Wildman–Crippen LogP) is 3.06. The Kier molecular flexibility index (Phi) is 2.35. The molecule has 1 aromatic heterocycles. The van der Waals surface area contributed by atoms with E-state index in [1.165, 1.54) is 5.69 Å². The predicted molar refractivity (Wildman–Crippen MR) is 59.8 cm³/mol. The van der Waals surface area contributed by atoms with Crippen LogP contribution >= 0.6 is 0 Å². The average molecular weight is 186 g/mol. The molecular weight excluding hydrogens is 172 g/mol. The third kappa shape index (κ3) is 1.55. The number of aromatic nitrogens is 2. The van der Waals surface area contributed by atoms with Gasteiger partial charge in [-0.05, 0) is 26.0 Å². The molecule has 0 atom stereocenters. The van der Waals surface area contributed by atoms with Gasteiger partial charge >= 0.3 is 0 Å². The van der Waals surface area contributed by atoms with Gasteiger partial charge in [-0.25, -0.2) is 4.98 Å². The summed E-state index contributed by atoms with van der Waals surface area (Å²) in [4.78, 5) is 4.37. The molecule has 0 spiro atoms. The molecule has 1 aliphatic rings. The second kappa shape index (κ2) is 3.66. The normalized spacial score (nSPS) is 14.2. The van der Waals surface area contributed by atoms with E-state index < -0.39 is 0 Å². The molecule has 2 nitrogen and oxygen atoms in total. The van der Waals surface area contributed by atoms with Gasteiger partial charge in [0.1, 0.15) is 0 Å². The highest BCUT2D eigenvalue weighted by atomic mass is 15.1. The first kappa shape index (κ1) is 9.00. The van der Waals surface area contributed by atoms with Crippen LogP contribution in [0.25, 0.3) is 12.2 Å². The summed E-state index contributed by atoms with van der Waals surface area (Å²) in [7, 11) is 0. The third-order valence-corrected chi connectivity index (χ3v) is 2.26. The van der Waals surface area contributed by atoms with Crippen molar-refractivity contribution in [2.45, 2.75) is 19.9 Å². The molecule has 1 aromatic rings. The molecule has 0 fully saturated rings. The number of nitrogens with zero attached hydrogens (tertiary/aromatic N) is 2. The van der Waals surface area contributed by atoms with Crippen LogP contribution in [0, 0.1) is 0 Å². The fraction of sp³-hybridized carbons (Fsp3) is 0.250. The molecule has 0 aliphatic heterocycles. The Bertz CT molecular complexity index is 406. The van der Waals surface area contributed by atoms with Crippen LogP contribution in [0.2, 0.25) is 0 Å². The van der Waals surface area contributed by atoms with Crippen LogP contribution in [0.5, 0.6) is 0 Å². The highest BCUT2D eigenvalue weighted by Crippen LogP contribution is 2.17. The summed E-state index contributed by atoms with van der Waals surface area (Å²) in [5, 5.41) is 0. The van der Waals surface area contributed by atoms with Gasteiger partial charge in [0.05, 0.1) is 17.7 Å². The molecule has 0 N–H and O–H groups in total.